The summed E-state index contributed by atoms with van der Waals surface area (Å²) in [7, 11) is 1.59. The summed E-state index contributed by atoms with van der Waals surface area (Å²) < 4.78 is 5.09. The molecule has 2 aliphatic rings. The molecular weight excluding hydrogens is 254 g/mol. The first-order chi connectivity index (χ1) is 9.53. The molecule has 20 heavy (non-hydrogen) atoms. The van der Waals surface area contributed by atoms with Crippen LogP contribution in [0.2, 0.25) is 0 Å². The van der Waals surface area contributed by atoms with Gasteiger partial charge in [-0.2, -0.15) is 0 Å². The lowest BCUT2D eigenvalue weighted by atomic mass is 10.0. The van der Waals surface area contributed by atoms with E-state index in [2.05, 4.69) is 23.2 Å². The Morgan fingerprint density at radius 3 is 3.05 bits per heavy atom. The van der Waals surface area contributed by atoms with Crippen molar-refractivity contribution in [3.8, 4) is 0 Å². The van der Waals surface area contributed by atoms with E-state index in [0.717, 1.165) is 25.3 Å². The number of nitrogens with one attached hydrogen (secondary N) is 1. The molecule has 0 aromatic carbocycles. The fourth-order valence-electron chi connectivity index (χ4n) is 3.34. The predicted molar refractivity (Wildman–Crippen MR) is 78.0 cm³/mol. The number of fused-ring (bicyclic) bond motifs is 3. The molecule has 0 amide bonds. The number of aromatic nitrogens is 1. The van der Waals surface area contributed by atoms with Gasteiger partial charge in [0.05, 0.1) is 12.3 Å². The SMILES string of the molecule is COC[C@](C)(O)c1ccc2c(n1)N1C(C)CNCC1C2. The highest BCUT2D eigenvalue weighted by atomic mass is 16.5. The zero-order valence-corrected chi connectivity index (χ0v) is 12.4. The van der Waals surface area contributed by atoms with Crippen LogP contribution in [0.15, 0.2) is 12.1 Å². The molecule has 3 heterocycles. The molecule has 3 rings (SSSR count). The Morgan fingerprint density at radius 1 is 1.50 bits per heavy atom. The number of pyridine rings is 1. The van der Waals surface area contributed by atoms with Gasteiger partial charge in [0, 0.05) is 32.3 Å². The van der Waals surface area contributed by atoms with Gasteiger partial charge in [0.2, 0.25) is 0 Å². The Hall–Kier alpha value is -1.17. The maximum atomic E-state index is 10.5. The fourth-order valence-corrected chi connectivity index (χ4v) is 3.34. The maximum Gasteiger partial charge on any atom is 0.132 e. The van der Waals surface area contributed by atoms with Crippen LogP contribution in [0.1, 0.15) is 25.1 Å². The Balaban J connectivity index is 1.96. The molecule has 0 radical (unpaired) electrons. The van der Waals surface area contributed by atoms with Gasteiger partial charge in [0.1, 0.15) is 11.4 Å². The van der Waals surface area contributed by atoms with Crippen LogP contribution >= 0.6 is 0 Å². The Morgan fingerprint density at radius 2 is 2.30 bits per heavy atom. The van der Waals surface area contributed by atoms with Gasteiger partial charge >= 0.3 is 0 Å². The molecule has 0 saturated carbocycles. The highest BCUT2D eigenvalue weighted by molar-refractivity contribution is 5.56. The van der Waals surface area contributed by atoms with E-state index in [1.165, 1.54) is 5.56 Å². The van der Waals surface area contributed by atoms with Crippen LogP contribution in [-0.4, -0.2) is 49.0 Å². The number of rotatable bonds is 3. The van der Waals surface area contributed by atoms with E-state index in [4.69, 9.17) is 9.72 Å². The molecule has 1 fully saturated rings. The molecule has 1 aromatic heterocycles. The first-order valence-electron chi connectivity index (χ1n) is 7.23. The molecule has 1 saturated heterocycles. The molecule has 2 unspecified atom stereocenters. The number of hydrogen-bond donors (Lipinski definition) is 2. The molecule has 5 heteroatoms. The quantitative estimate of drug-likeness (QED) is 0.850. The van der Waals surface area contributed by atoms with E-state index in [1.807, 2.05) is 6.07 Å². The second-order valence-electron chi connectivity index (χ2n) is 6.16. The van der Waals surface area contributed by atoms with Crippen molar-refractivity contribution in [1.29, 1.82) is 0 Å². The zero-order chi connectivity index (χ0) is 14.3. The van der Waals surface area contributed by atoms with E-state index in [0.29, 0.717) is 17.8 Å². The van der Waals surface area contributed by atoms with E-state index in [1.54, 1.807) is 14.0 Å². The highest BCUT2D eigenvalue weighted by Crippen LogP contribution is 2.35. The van der Waals surface area contributed by atoms with Crippen molar-refractivity contribution in [3.63, 3.8) is 0 Å². The Labute approximate surface area is 120 Å². The number of aliphatic hydroxyl groups is 1. The largest absolute Gasteiger partial charge is 0.381 e. The number of nitrogens with zero attached hydrogens (tertiary/aromatic N) is 2. The van der Waals surface area contributed by atoms with Gasteiger partial charge in [-0.15, -0.1) is 0 Å². The van der Waals surface area contributed by atoms with Crippen LogP contribution in [0.5, 0.6) is 0 Å². The topological polar surface area (TPSA) is 57.6 Å². The Kier molecular flexibility index (Phi) is 3.44. The summed E-state index contributed by atoms with van der Waals surface area (Å²) in [5.74, 6) is 1.04. The molecule has 3 atom stereocenters. The average molecular weight is 277 g/mol. The third-order valence-electron chi connectivity index (χ3n) is 4.32. The van der Waals surface area contributed by atoms with Gasteiger partial charge in [-0.3, -0.25) is 0 Å². The van der Waals surface area contributed by atoms with Crippen LogP contribution in [0, 0.1) is 0 Å². The smallest absolute Gasteiger partial charge is 0.132 e. The highest BCUT2D eigenvalue weighted by Gasteiger charge is 2.37. The van der Waals surface area contributed by atoms with Crippen molar-refractivity contribution < 1.29 is 9.84 Å². The number of ether oxygens (including phenoxy) is 1. The van der Waals surface area contributed by atoms with Crippen molar-refractivity contribution in [2.75, 3.05) is 31.7 Å². The number of piperazine rings is 1. The molecule has 0 aliphatic carbocycles. The monoisotopic (exact) mass is 277 g/mol. The molecule has 0 spiro atoms. The first kappa shape index (κ1) is 13.8. The predicted octanol–water partition coefficient (Wildman–Crippen LogP) is 0.658. The van der Waals surface area contributed by atoms with Crippen molar-refractivity contribution in [2.24, 2.45) is 0 Å². The fraction of sp³-hybridized carbons (Fsp3) is 0.667. The van der Waals surface area contributed by atoms with Crippen LogP contribution in [0.4, 0.5) is 5.82 Å². The molecule has 110 valence electrons. The second-order valence-corrected chi connectivity index (χ2v) is 6.16. The molecule has 2 aliphatic heterocycles. The van der Waals surface area contributed by atoms with Crippen LogP contribution in [0.25, 0.3) is 0 Å². The first-order valence-corrected chi connectivity index (χ1v) is 7.23. The van der Waals surface area contributed by atoms with Crippen LogP contribution < -0.4 is 10.2 Å². The summed E-state index contributed by atoms with van der Waals surface area (Å²) in [4.78, 5) is 7.15. The summed E-state index contributed by atoms with van der Waals surface area (Å²) in [6.45, 7) is 6.20. The number of hydrogen-bond acceptors (Lipinski definition) is 5. The van der Waals surface area contributed by atoms with Crippen molar-refractivity contribution in [2.45, 2.75) is 38.0 Å². The molecule has 0 bridgehead atoms. The molecular formula is C15H23N3O2. The number of methoxy groups -OCH3 is 1. The normalized spacial score (nSPS) is 27.9. The zero-order valence-electron chi connectivity index (χ0n) is 12.4. The maximum absolute atomic E-state index is 10.5. The third-order valence-corrected chi connectivity index (χ3v) is 4.32. The van der Waals surface area contributed by atoms with E-state index in [9.17, 15) is 5.11 Å². The lowest BCUT2D eigenvalue weighted by Gasteiger charge is -2.38. The lowest BCUT2D eigenvalue weighted by molar-refractivity contribution is -0.0239. The van der Waals surface area contributed by atoms with E-state index < -0.39 is 5.60 Å². The Bertz CT molecular complexity index is 504. The van der Waals surface area contributed by atoms with Crippen molar-refractivity contribution in [1.82, 2.24) is 10.3 Å². The summed E-state index contributed by atoms with van der Waals surface area (Å²) >= 11 is 0. The van der Waals surface area contributed by atoms with E-state index >= 15 is 0 Å². The summed E-state index contributed by atoms with van der Waals surface area (Å²) in [5, 5.41) is 13.9. The van der Waals surface area contributed by atoms with E-state index in [-0.39, 0.29) is 6.61 Å². The van der Waals surface area contributed by atoms with Crippen molar-refractivity contribution >= 4 is 5.82 Å². The van der Waals surface area contributed by atoms with Crippen LogP contribution in [-0.2, 0) is 16.8 Å². The van der Waals surface area contributed by atoms with Gasteiger partial charge in [-0.05, 0) is 31.9 Å². The minimum atomic E-state index is -1.04. The van der Waals surface area contributed by atoms with Gasteiger partial charge < -0.3 is 20.1 Å². The van der Waals surface area contributed by atoms with Gasteiger partial charge in [0.15, 0.2) is 0 Å². The molecule has 5 nitrogen and oxygen atoms in total. The van der Waals surface area contributed by atoms with Crippen molar-refractivity contribution in [3.05, 3.63) is 23.4 Å². The lowest BCUT2D eigenvalue weighted by Crippen LogP contribution is -2.55. The summed E-state index contributed by atoms with van der Waals surface area (Å²) in [5.41, 5.74) is 0.922. The minimum absolute atomic E-state index is 0.249. The average Bonchev–Trinajstić information content (AvgIpc) is 2.77. The van der Waals surface area contributed by atoms with Crippen LogP contribution in [0.3, 0.4) is 0 Å². The van der Waals surface area contributed by atoms with Gasteiger partial charge in [-0.25, -0.2) is 4.98 Å². The third kappa shape index (κ3) is 2.20. The molecule has 2 N–H and O–H groups in total. The number of anilines is 1. The van der Waals surface area contributed by atoms with Gasteiger partial charge in [-0.1, -0.05) is 6.07 Å². The van der Waals surface area contributed by atoms with Gasteiger partial charge in [0.25, 0.3) is 0 Å². The standard InChI is InChI=1S/C15H23N3O2/c1-10-7-16-8-12-6-11-4-5-13(15(2,19)9-20-3)17-14(11)18(10)12/h4-5,10,12,16,19H,6-9H2,1-3H3/t10?,12?,15-/m0/s1. The molecule has 1 aromatic rings. The minimum Gasteiger partial charge on any atom is -0.381 e. The second kappa shape index (κ2) is 4.98. The summed E-state index contributed by atoms with van der Waals surface area (Å²) in [6, 6.07) is 4.95. The summed E-state index contributed by atoms with van der Waals surface area (Å²) in [6.07, 6.45) is 1.03.